The van der Waals surface area contributed by atoms with Crippen LogP contribution in [0.15, 0.2) is 108 Å². The van der Waals surface area contributed by atoms with Gasteiger partial charge in [0.25, 0.3) is 0 Å². The van der Waals surface area contributed by atoms with E-state index in [1.54, 1.807) is 12.1 Å². The SMILES string of the molecule is [B]C1(/C=C/C2=C(c3cccc(F)c3F)C(=C/C=C3/N(CCC)c4ccccc4C3(C)C)/CCC2)N(CCC)c2ccccc2C1(C)C. The Hall–Kier alpha value is -3.86. The minimum absolute atomic E-state index is 0.189. The summed E-state index contributed by atoms with van der Waals surface area (Å²) in [6.45, 7) is 15.1. The van der Waals surface area contributed by atoms with Gasteiger partial charge in [-0.1, -0.05) is 108 Å². The molecule has 1 unspecified atom stereocenters. The summed E-state index contributed by atoms with van der Waals surface area (Å²) in [5, 5.41) is 0. The van der Waals surface area contributed by atoms with Gasteiger partial charge in [0.05, 0.1) is 0 Å². The minimum Gasteiger partial charge on any atom is -0.370 e. The van der Waals surface area contributed by atoms with E-state index in [4.69, 9.17) is 7.85 Å². The van der Waals surface area contributed by atoms with Gasteiger partial charge in [0.2, 0.25) is 0 Å². The molecule has 0 aromatic heterocycles. The lowest BCUT2D eigenvalue weighted by Crippen LogP contribution is -2.55. The fourth-order valence-electron chi connectivity index (χ4n) is 8.13. The molecule has 0 fully saturated rings. The second kappa shape index (κ2) is 12.6. The van der Waals surface area contributed by atoms with Crippen molar-refractivity contribution in [2.45, 2.75) is 89.9 Å². The van der Waals surface area contributed by atoms with Crippen molar-refractivity contribution in [1.29, 1.82) is 0 Å². The van der Waals surface area contributed by atoms with Gasteiger partial charge in [-0.3, -0.25) is 0 Å². The van der Waals surface area contributed by atoms with Crippen molar-refractivity contribution in [2.24, 2.45) is 0 Å². The summed E-state index contributed by atoms with van der Waals surface area (Å²) in [5.41, 5.74) is 7.87. The van der Waals surface area contributed by atoms with Gasteiger partial charge < -0.3 is 9.80 Å². The van der Waals surface area contributed by atoms with E-state index in [9.17, 15) is 4.39 Å². The van der Waals surface area contributed by atoms with Gasteiger partial charge in [-0.2, -0.15) is 0 Å². The number of para-hydroxylation sites is 2. The van der Waals surface area contributed by atoms with Crippen molar-refractivity contribution in [2.75, 3.05) is 22.9 Å². The predicted molar refractivity (Wildman–Crippen MR) is 195 cm³/mol. The van der Waals surface area contributed by atoms with Crippen LogP contribution in [0.25, 0.3) is 5.57 Å². The van der Waals surface area contributed by atoms with Crippen LogP contribution in [0.2, 0.25) is 0 Å². The first kappa shape index (κ1) is 33.1. The largest absolute Gasteiger partial charge is 0.370 e. The molecular weight excluding hydrogens is 581 g/mol. The molecule has 6 rings (SSSR count). The Bertz CT molecular complexity index is 1800. The van der Waals surface area contributed by atoms with E-state index in [0.29, 0.717) is 5.56 Å². The molecule has 0 saturated carbocycles. The van der Waals surface area contributed by atoms with Gasteiger partial charge in [0.1, 0.15) is 7.85 Å². The minimum atomic E-state index is -0.833. The Morgan fingerprint density at radius 2 is 1.47 bits per heavy atom. The average Bonchev–Trinajstić information content (AvgIpc) is 3.37. The zero-order valence-corrected chi connectivity index (χ0v) is 28.8. The number of fused-ring (bicyclic) bond motifs is 2. The maximum absolute atomic E-state index is 15.7. The van der Waals surface area contributed by atoms with Crippen molar-refractivity contribution in [3.63, 3.8) is 0 Å². The van der Waals surface area contributed by atoms with E-state index in [0.717, 1.165) is 67.6 Å². The van der Waals surface area contributed by atoms with Crippen LogP contribution in [-0.2, 0) is 10.8 Å². The first-order chi connectivity index (χ1) is 22.5. The lowest BCUT2D eigenvalue weighted by Gasteiger charge is -2.44. The first-order valence-electron chi connectivity index (χ1n) is 17.3. The second-order valence-corrected chi connectivity index (χ2v) is 14.3. The normalized spacial score (nSPS) is 23.3. The molecule has 3 aliphatic rings. The Morgan fingerprint density at radius 3 is 2.19 bits per heavy atom. The van der Waals surface area contributed by atoms with Gasteiger partial charge in [0.15, 0.2) is 11.6 Å². The number of benzene rings is 3. The molecule has 47 heavy (non-hydrogen) atoms. The van der Waals surface area contributed by atoms with Crippen molar-refractivity contribution in [1.82, 2.24) is 0 Å². The van der Waals surface area contributed by atoms with Crippen LogP contribution in [0, 0.1) is 11.6 Å². The van der Waals surface area contributed by atoms with Crippen LogP contribution in [0.4, 0.5) is 20.2 Å². The van der Waals surface area contributed by atoms with Gasteiger partial charge in [-0.05, 0) is 84.2 Å². The highest BCUT2D eigenvalue weighted by Crippen LogP contribution is 2.52. The molecule has 0 bridgehead atoms. The fourth-order valence-corrected chi connectivity index (χ4v) is 8.13. The lowest BCUT2D eigenvalue weighted by atomic mass is 9.58. The van der Waals surface area contributed by atoms with E-state index in [1.807, 2.05) is 0 Å². The highest BCUT2D eigenvalue weighted by molar-refractivity contribution is 6.21. The van der Waals surface area contributed by atoms with E-state index in [1.165, 1.54) is 28.6 Å². The van der Waals surface area contributed by atoms with Crippen LogP contribution in [0.3, 0.4) is 0 Å². The highest BCUT2D eigenvalue weighted by atomic mass is 19.2. The van der Waals surface area contributed by atoms with Crippen LogP contribution < -0.4 is 9.80 Å². The molecule has 3 aromatic rings. The third-order valence-corrected chi connectivity index (χ3v) is 10.7. The second-order valence-electron chi connectivity index (χ2n) is 14.3. The monoisotopic (exact) mass is 628 g/mol. The zero-order chi connectivity index (χ0) is 33.6. The Morgan fingerprint density at radius 1 is 0.787 bits per heavy atom. The average molecular weight is 629 g/mol. The molecule has 2 aliphatic heterocycles. The Kier molecular flexibility index (Phi) is 8.89. The summed E-state index contributed by atoms with van der Waals surface area (Å²) < 4.78 is 30.5. The number of halogens is 2. The summed E-state index contributed by atoms with van der Waals surface area (Å²) in [7, 11) is 7.42. The number of anilines is 2. The summed E-state index contributed by atoms with van der Waals surface area (Å²) in [6.07, 6.45) is 13.0. The van der Waals surface area contributed by atoms with Crippen molar-refractivity contribution in [3.8, 4) is 0 Å². The fraction of sp³-hybridized carbons (Fsp3) is 0.381. The molecule has 0 spiro atoms. The zero-order valence-electron chi connectivity index (χ0n) is 28.8. The van der Waals surface area contributed by atoms with Gasteiger partial charge >= 0.3 is 0 Å². The molecule has 2 radical (unpaired) electrons. The standard InChI is InChI=1S/C42H47BF2N2/c1-7-27-46-35-21-11-9-18-32(35)40(3,4)37(46)24-23-29-15-13-16-30(38(29)31-17-14-20-34(44)39(31)45)25-26-42(43)41(5,6)33-19-10-12-22-36(33)47(42)28-8-2/h9-12,14,17-26H,7-8,13,15-16,27-28H2,1-6H3/b26-25+,29-23+,37-24+. The molecule has 5 heteroatoms. The quantitative estimate of drug-likeness (QED) is 0.229. The van der Waals surface area contributed by atoms with Crippen LogP contribution in [0.5, 0.6) is 0 Å². The van der Waals surface area contributed by atoms with Gasteiger partial charge in [0, 0.05) is 52.0 Å². The molecule has 0 N–H and O–H groups in total. The smallest absolute Gasteiger partial charge is 0.166 e. The third-order valence-electron chi connectivity index (χ3n) is 10.7. The Balaban J connectivity index is 1.50. The molecule has 0 saturated heterocycles. The summed E-state index contributed by atoms with van der Waals surface area (Å²) >= 11 is 0. The van der Waals surface area contributed by atoms with E-state index in [2.05, 4.69) is 124 Å². The van der Waals surface area contributed by atoms with Gasteiger partial charge in [-0.25, -0.2) is 8.78 Å². The molecule has 1 aliphatic carbocycles. The van der Waals surface area contributed by atoms with Crippen LogP contribution in [-0.4, -0.2) is 26.4 Å². The van der Waals surface area contributed by atoms with Crippen LogP contribution in [0.1, 0.15) is 90.3 Å². The third kappa shape index (κ3) is 5.40. The van der Waals surface area contributed by atoms with E-state index in [-0.39, 0.29) is 10.8 Å². The topological polar surface area (TPSA) is 6.48 Å². The predicted octanol–water partition coefficient (Wildman–Crippen LogP) is 10.5. The lowest BCUT2D eigenvalue weighted by molar-refractivity contribution is 0.428. The van der Waals surface area contributed by atoms with Crippen molar-refractivity contribution >= 4 is 24.8 Å². The molecule has 0 amide bonds. The molecule has 3 aromatic carbocycles. The van der Waals surface area contributed by atoms with Crippen molar-refractivity contribution < 1.29 is 8.78 Å². The van der Waals surface area contributed by atoms with Gasteiger partial charge in [-0.15, -0.1) is 0 Å². The van der Waals surface area contributed by atoms with Crippen LogP contribution >= 0.6 is 0 Å². The summed E-state index contributed by atoms with van der Waals surface area (Å²) in [5.74, 6) is -1.64. The first-order valence-corrected chi connectivity index (χ1v) is 17.3. The van der Waals surface area contributed by atoms with E-state index >= 15 is 4.39 Å². The molecular formula is C42H47BF2N2. The molecule has 1 atom stereocenters. The Labute approximate surface area is 282 Å². The number of hydrogen-bond donors (Lipinski definition) is 0. The molecule has 2 heterocycles. The maximum atomic E-state index is 15.7. The number of hydrogen-bond acceptors (Lipinski definition) is 2. The highest BCUT2D eigenvalue weighted by Gasteiger charge is 2.51. The van der Waals surface area contributed by atoms with Crippen molar-refractivity contribution in [3.05, 3.63) is 136 Å². The molecule has 242 valence electrons. The van der Waals surface area contributed by atoms with E-state index < -0.39 is 17.1 Å². The molecule has 2 nitrogen and oxygen atoms in total. The number of rotatable bonds is 8. The summed E-state index contributed by atoms with van der Waals surface area (Å²) in [4.78, 5) is 4.73. The summed E-state index contributed by atoms with van der Waals surface area (Å²) in [6, 6.07) is 21.6. The maximum Gasteiger partial charge on any atom is 0.166 e. The number of nitrogens with zero attached hydrogens (tertiary/aromatic N) is 2. The number of allylic oxidation sites excluding steroid dienone is 7.